The Morgan fingerprint density at radius 1 is 1.19 bits per heavy atom. The molecular weight excluding hydrogens is 396 g/mol. The Labute approximate surface area is 182 Å². The van der Waals surface area contributed by atoms with Crippen LogP contribution in [0.2, 0.25) is 0 Å². The molecule has 0 bridgehead atoms. The van der Waals surface area contributed by atoms with Crippen molar-refractivity contribution in [1.29, 1.82) is 0 Å². The summed E-state index contributed by atoms with van der Waals surface area (Å²) in [5.41, 5.74) is 4.29. The van der Waals surface area contributed by atoms with Gasteiger partial charge in [-0.3, -0.25) is 4.79 Å². The highest BCUT2D eigenvalue weighted by molar-refractivity contribution is 5.89. The molecular formula is C24H28N2O5. The van der Waals surface area contributed by atoms with Crippen molar-refractivity contribution in [3.05, 3.63) is 52.9 Å². The molecule has 0 N–H and O–H groups in total. The van der Waals surface area contributed by atoms with E-state index in [0.29, 0.717) is 30.6 Å². The van der Waals surface area contributed by atoms with Crippen LogP contribution in [0.5, 0.6) is 11.5 Å². The van der Waals surface area contributed by atoms with Gasteiger partial charge in [-0.1, -0.05) is 6.07 Å². The molecule has 0 unspecified atom stereocenters. The number of esters is 1. The molecule has 2 heterocycles. The first kappa shape index (κ1) is 21.0. The number of benzene rings is 1. The molecule has 2 aromatic rings. The van der Waals surface area contributed by atoms with E-state index in [-0.39, 0.29) is 19.3 Å². The summed E-state index contributed by atoms with van der Waals surface area (Å²) >= 11 is 0. The number of aryl methyl sites for hydroxylation is 1. The van der Waals surface area contributed by atoms with Crippen LogP contribution in [0, 0.1) is 13.8 Å². The second-order valence-electron chi connectivity index (χ2n) is 7.96. The zero-order valence-electron chi connectivity index (χ0n) is 18.2. The number of ether oxygens (including phenoxy) is 3. The average Bonchev–Trinajstić information content (AvgIpc) is 3.40. The fraction of sp³-hybridized carbons (Fsp3) is 0.417. The van der Waals surface area contributed by atoms with Crippen molar-refractivity contribution in [2.24, 2.45) is 0 Å². The van der Waals surface area contributed by atoms with E-state index in [0.717, 1.165) is 16.8 Å². The van der Waals surface area contributed by atoms with E-state index in [1.165, 1.54) is 24.6 Å². The molecule has 0 atom stereocenters. The third kappa shape index (κ3) is 4.76. The predicted molar refractivity (Wildman–Crippen MR) is 116 cm³/mol. The largest absolute Gasteiger partial charge is 0.454 e. The van der Waals surface area contributed by atoms with Gasteiger partial charge >= 0.3 is 5.97 Å². The van der Waals surface area contributed by atoms with Crippen LogP contribution in [0.1, 0.15) is 48.3 Å². The third-order valence-corrected chi connectivity index (χ3v) is 5.72. The maximum absolute atomic E-state index is 12.5. The monoisotopic (exact) mass is 424 g/mol. The minimum Gasteiger partial charge on any atom is -0.454 e. The fourth-order valence-corrected chi connectivity index (χ4v) is 3.93. The van der Waals surface area contributed by atoms with Crippen LogP contribution in [0.25, 0.3) is 6.08 Å². The van der Waals surface area contributed by atoms with E-state index in [4.69, 9.17) is 14.2 Å². The number of rotatable bonds is 8. The highest BCUT2D eigenvalue weighted by atomic mass is 16.7. The minimum absolute atomic E-state index is 0.211. The number of fused-ring (bicyclic) bond motifs is 1. The molecule has 1 aliphatic carbocycles. The molecule has 0 radical (unpaired) electrons. The summed E-state index contributed by atoms with van der Waals surface area (Å²) in [7, 11) is 0. The first-order chi connectivity index (χ1) is 15.0. The summed E-state index contributed by atoms with van der Waals surface area (Å²) in [6, 6.07) is 8.27. The number of hydrogen-bond acceptors (Lipinski definition) is 5. The van der Waals surface area contributed by atoms with E-state index in [2.05, 4.69) is 24.5 Å². The second-order valence-corrected chi connectivity index (χ2v) is 7.96. The molecule has 1 amide bonds. The van der Waals surface area contributed by atoms with Crippen LogP contribution in [0.4, 0.5) is 0 Å². The van der Waals surface area contributed by atoms with Crippen molar-refractivity contribution in [3.63, 3.8) is 0 Å². The van der Waals surface area contributed by atoms with Gasteiger partial charge in [-0.05, 0) is 69.0 Å². The number of nitrogens with zero attached hydrogens (tertiary/aromatic N) is 2. The molecule has 0 spiro atoms. The number of carbonyl (C=O) groups excluding carboxylic acids is 2. The number of carbonyl (C=O) groups is 2. The van der Waals surface area contributed by atoms with E-state index < -0.39 is 5.97 Å². The van der Waals surface area contributed by atoms with Crippen molar-refractivity contribution in [1.82, 2.24) is 9.47 Å². The molecule has 31 heavy (non-hydrogen) atoms. The Morgan fingerprint density at radius 3 is 2.71 bits per heavy atom. The maximum atomic E-state index is 12.5. The van der Waals surface area contributed by atoms with Gasteiger partial charge in [0.1, 0.15) is 0 Å². The molecule has 164 valence electrons. The molecule has 1 aliphatic heterocycles. The lowest BCUT2D eigenvalue weighted by Gasteiger charge is -2.20. The van der Waals surface area contributed by atoms with Gasteiger partial charge in [-0.2, -0.15) is 0 Å². The smallest absolute Gasteiger partial charge is 0.331 e. The summed E-state index contributed by atoms with van der Waals surface area (Å²) in [5.74, 6) is 0.618. The highest BCUT2D eigenvalue weighted by Crippen LogP contribution is 2.38. The maximum Gasteiger partial charge on any atom is 0.331 e. The standard InChI is InChI=1S/C24H28N2O5/c1-4-25(13-18-5-9-21-22(12-18)31-15-30-21)23(27)14-29-24(28)10-6-19-11-16(2)26(17(19)3)20-7-8-20/h5-6,9-12,20H,4,7-8,13-15H2,1-3H3/b10-6+. The number of likely N-dealkylation sites (N-methyl/N-ethyl adjacent to an activating group) is 1. The van der Waals surface area contributed by atoms with Gasteiger partial charge in [0, 0.05) is 36.6 Å². The summed E-state index contributed by atoms with van der Waals surface area (Å²) in [6.07, 6.45) is 5.58. The van der Waals surface area contributed by atoms with Gasteiger partial charge in [0.05, 0.1) is 0 Å². The summed E-state index contributed by atoms with van der Waals surface area (Å²) < 4.78 is 18.2. The van der Waals surface area contributed by atoms with Gasteiger partial charge in [0.2, 0.25) is 6.79 Å². The first-order valence-corrected chi connectivity index (χ1v) is 10.7. The Hall–Kier alpha value is -3.22. The quantitative estimate of drug-likeness (QED) is 0.477. The number of hydrogen-bond donors (Lipinski definition) is 0. The SMILES string of the molecule is CCN(Cc1ccc2c(c1)OCO2)C(=O)COC(=O)/C=C/c1cc(C)n(C2CC2)c1C. The van der Waals surface area contributed by atoms with Gasteiger partial charge in [0.15, 0.2) is 18.1 Å². The molecule has 2 aliphatic rings. The molecule has 4 rings (SSSR count). The Morgan fingerprint density at radius 2 is 1.97 bits per heavy atom. The van der Waals surface area contributed by atoms with E-state index in [9.17, 15) is 9.59 Å². The average molecular weight is 424 g/mol. The summed E-state index contributed by atoms with van der Waals surface area (Å²) in [6.45, 7) is 6.88. The number of aromatic nitrogens is 1. The Kier molecular flexibility index (Phi) is 6.02. The van der Waals surface area contributed by atoms with Gasteiger partial charge in [0.25, 0.3) is 5.91 Å². The highest BCUT2D eigenvalue weighted by Gasteiger charge is 2.26. The fourth-order valence-electron chi connectivity index (χ4n) is 3.93. The van der Waals surface area contributed by atoms with Crippen LogP contribution in [-0.2, 0) is 20.9 Å². The summed E-state index contributed by atoms with van der Waals surface area (Å²) in [4.78, 5) is 26.3. The third-order valence-electron chi connectivity index (χ3n) is 5.72. The van der Waals surface area contributed by atoms with Crippen molar-refractivity contribution >= 4 is 18.0 Å². The predicted octanol–water partition coefficient (Wildman–Crippen LogP) is 3.77. The lowest BCUT2D eigenvalue weighted by atomic mass is 10.2. The van der Waals surface area contributed by atoms with Gasteiger partial charge in [-0.15, -0.1) is 0 Å². The van der Waals surface area contributed by atoms with Crippen molar-refractivity contribution in [2.45, 2.75) is 46.2 Å². The molecule has 1 aromatic carbocycles. The molecule has 1 fully saturated rings. The second kappa shape index (κ2) is 8.88. The Bertz CT molecular complexity index is 1020. The van der Waals surface area contributed by atoms with Crippen LogP contribution >= 0.6 is 0 Å². The zero-order chi connectivity index (χ0) is 22.0. The lowest BCUT2D eigenvalue weighted by Crippen LogP contribution is -2.33. The van der Waals surface area contributed by atoms with Crippen LogP contribution in [0.3, 0.4) is 0 Å². The van der Waals surface area contributed by atoms with Crippen LogP contribution in [-0.4, -0.2) is 41.3 Å². The number of amides is 1. The van der Waals surface area contributed by atoms with E-state index >= 15 is 0 Å². The lowest BCUT2D eigenvalue weighted by molar-refractivity contribution is -0.148. The first-order valence-electron chi connectivity index (χ1n) is 10.7. The normalized spacial score (nSPS) is 14.8. The summed E-state index contributed by atoms with van der Waals surface area (Å²) in [5, 5.41) is 0. The Balaban J connectivity index is 1.30. The van der Waals surface area contributed by atoms with E-state index in [1.807, 2.05) is 25.1 Å². The van der Waals surface area contributed by atoms with Crippen LogP contribution < -0.4 is 9.47 Å². The molecule has 7 nitrogen and oxygen atoms in total. The van der Waals surface area contributed by atoms with Crippen molar-refractivity contribution in [3.8, 4) is 11.5 Å². The van der Waals surface area contributed by atoms with Crippen molar-refractivity contribution in [2.75, 3.05) is 19.9 Å². The van der Waals surface area contributed by atoms with Crippen LogP contribution in [0.15, 0.2) is 30.3 Å². The van der Waals surface area contributed by atoms with Gasteiger partial charge in [-0.25, -0.2) is 4.79 Å². The minimum atomic E-state index is -0.524. The van der Waals surface area contributed by atoms with Gasteiger partial charge < -0.3 is 23.7 Å². The zero-order valence-corrected chi connectivity index (χ0v) is 18.2. The van der Waals surface area contributed by atoms with E-state index in [1.54, 1.807) is 11.0 Å². The molecule has 0 saturated heterocycles. The molecule has 1 aromatic heterocycles. The molecule has 7 heteroatoms. The topological polar surface area (TPSA) is 70.0 Å². The molecule has 1 saturated carbocycles. The van der Waals surface area contributed by atoms with Crippen molar-refractivity contribution < 1.29 is 23.8 Å².